The van der Waals surface area contributed by atoms with E-state index >= 15 is 0 Å². The van der Waals surface area contributed by atoms with Gasteiger partial charge in [0.25, 0.3) is 0 Å². The van der Waals surface area contributed by atoms with Gasteiger partial charge in [-0.15, -0.1) is 0 Å². The number of methoxy groups -OCH3 is 1. The Morgan fingerprint density at radius 2 is 2.10 bits per heavy atom. The van der Waals surface area contributed by atoms with Crippen molar-refractivity contribution in [3.05, 3.63) is 47.6 Å². The molecule has 0 saturated carbocycles. The fourth-order valence-corrected chi connectivity index (χ4v) is 4.76. The summed E-state index contributed by atoms with van der Waals surface area (Å²) in [5.74, 6) is 0.369. The van der Waals surface area contributed by atoms with Gasteiger partial charge in [0.05, 0.1) is 34.7 Å². The monoisotopic (exact) mass is 437 g/mol. The number of halogens is 1. The zero-order valence-electron chi connectivity index (χ0n) is 17.5. The Bertz CT molecular complexity index is 1260. The first-order chi connectivity index (χ1) is 15.1. The molecule has 0 aliphatic carbocycles. The van der Waals surface area contributed by atoms with Crippen molar-refractivity contribution in [2.45, 2.75) is 31.9 Å². The molecular formula is C22H24ClN7O. The quantitative estimate of drug-likeness (QED) is 0.518. The average Bonchev–Trinajstić information content (AvgIpc) is 3.24. The van der Waals surface area contributed by atoms with Crippen LogP contribution in [0.2, 0.25) is 5.02 Å². The van der Waals surface area contributed by atoms with E-state index in [0.29, 0.717) is 22.0 Å². The maximum absolute atomic E-state index is 6.72. The molecule has 2 N–H and O–H groups in total. The van der Waals surface area contributed by atoms with Gasteiger partial charge in [-0.3, -0.25) is 4.98 Å². The number of anilines is 2. The predicted molar refractivity (Wildman–Crippen MR) is 123 cm³/mol. The van der Waals surface area contributed by atoms with Crippen LogP contribution in [0.1, 0.15) is 31.4 Å². The molecule has 1 saturated heterocycles. The molecule has 1 fully saturated rings. The highest BCUT2D eigenvalue weighted by Crippen LogP contribution is 2.40. The number of benzene rings is 1. The summed E-state index contributed by atoms with van der Waals surface area (Å²) in [5.41, 5.74) is 10.3. The van der Waals surface area contributed by atoms with Gasteiger partial charge in [-0.2, -0.15) is 0 Å². The predicted octanol–water partition coefficient (Wildman–Crippen LogP) is 3.83. The molecule has 2 unspecified atom stereocenters. The van der Waals surface area contributed by atoms with Gasteiger partial charge in [-0.05, 0) is 38.0 Å². The molecule has 2 atom stereocenters. The van der Waals surface area contributed by atoms with Crippen molar-refractivity contribution in [3.8, 4) is 0 Å². The second-order valence-corrected chi connectivity index (χ2v) is 8.31. The van der Waals surface area contributed by atoms with Crippen molar-refractivity contribution in [3.63, 3.8) is 0 Å². The van der Waals surface area contributed by atoms with Gasteiger partial charge < -0.3 is 19.9 Å². The number of aromatic nitrogens is 5. The minimum atomic E-state index is -0.0962. The normalized spacial score (nSPS) is 18.0. The first-order valence-corrected chi connectivity index (χ1v) is 10.7. The molecule has 160 valence electrons. The molecule has 5 rings (SSSR count). The van der Waals surface area contributed by atoms with Crippen LogP contribution in [0.3, 0.4) is 0 Å². The van der Waals surface area contributed by atoms with E-state index in [1.807, 2.05) is 29.0 Å². The molecule has 4 heterocycles. The summed E-state index contributed by atoms with van der Waals surface area (Å²) >= 11 is 6.72. The number of nitrogens with zero attached hydrogens (tertiary/aromatic N) is 6. The van der Waals surface area contributed by atoms with Crippen LogP contribution in [0.4, 0.5) is 11.5 Å². The van der Waals surface area contributed by atoms with Gasteiger partial charge in [0.1, 0.15) is 11.8 Å². The maximum Gasteiger partial charge on any atom is 0.165 e. The van der Waals surface area contributed by atoms with Crippen LogP contribution in [-0.4, -0.2) is 50.8 Å². The van der Waals surface area contributed by atoms with E-state index in [1.165, 1.54) is 6.33 Å². The third kappa shape index (κ3) is 3.36. The molecule has 0 bridgehead atoms. The minimum absolute atomic E-state index is 0.0962. The third-order valence-corrected chi connectivity index (χ3v) is 6.44. The number of pyridine rings is 1. The standard InChI is InChI=1S/C22H24ClN7O/c1-13(30-12-28-19-21(24)26-11-27-22(19)30)16-9-17(23)15-6-3-7-25-18(15)20(16)29-8-4-5-14(10-29)31-2/h3,6-7,9,11-14H,4-5,8,10H2,1-2H3,(H2,24,26,27). The van der Waals surface area contributed by atoms with Crippen LogP contribution in [0.5, 0.6) is 0 Å². The molecule has 0 spiro atoms. The largest absolute Gasteiger partial charge is 0.382 e. The smallest absolute Gasteiger partial charge is 0.165 e. The lowest BCUT2D eigenvalue weighted by Crippen LogP contribution is -2.40. The summed E-state index contributed by atoms with van der Waals surface area (Å²) in [6.45, 7) is 3.86. The van der Waals surface area contributed by atoms with Crippen LogP contribution in [0.25, 0.3) is 22.1 Å². The van der Waals surface area contributed by atoms with Gasteiger partial charge in [-0.25, -0.2) is 15.0 Å². The van der Waals surface area contributed by atoms with E-state index in [2.05, 4.69) is 26.8 Å². The Balaban J connectivity index is 1.71. The lowest BCUT2D eigenvalue weighted by molar-refractivity contribution is 0.0893. The van der Waals surface area contributed by atoms with Gasteiger partial charge in [0.15, 0.2) is 11.5 Å². The first kappa shape index (κ1) is 20.0. The van der Waals surface area contributed by atoms with Crippen molar-refractivity contribution in [1.29, 1.82) is 0 Å². The Hall–Kier alpha value is -2.97. The van der Waals surface area contributed by atoms with Gasteiger partial charge >= 0.3 is 0 Å². The number of rotatable bonds is 4. The van der Waals surface area contributed by atoms with E-state index in [-0.39, 0.29) is 12.1 Å². The zero-order chi connectivity index (χ0) is 21.5. The summed E-state index contributed by atoms with van der Waals surface area (Å²) in [4.78, 5) is 20.0. The Morgan fingerprint density at radius 3 is 2.94 bits per heavy atom. The number of nitrogen functional groups attached to an aromatic ring is 1. The molecule has 0 amide bonds. The van der Waals surface area contributed by atoms with Crippen molar-refractivity contribution in [2.24, 2.45) is 0 Å². The summed E-state index contributed by atoms with van der Waals surface area (Å²) in [6.07, 6.45) is 7.34. The highest BCUT2D eigenvalue weighted by molar-refractivity contribution is 6.36. The Kier molecular flexibility index (Phi) is 5.11. The molecule has 1 aromatic carbocycles. The molecule has 3 aromatic heterocycles. The second kappa shape index (κ2) is 7.94. The third-order valence-electron chi connectivity index (χ3n) is 6.13. The SMILES string of the molecule is COC1CCCN(c2c(C(C)n3cnc4c(N)ncnc43)cc(Cl)c3cccnc23)C1. The second-order valence-electron chi connectivity index (χ2n) is 7.90. The molecule has 8 nitrogen and oxygen atoms in total. The van der Waals surface area contributed by atoms with E-state index in [1.54, 1.807) is 13.4 Å². The summed E-state index contributed by atoms with van der Waals surface area (Å²) in [6, 6.07) is 5.87. The zero-order valence-corrected chi connectivity index (χ0v) is 18.3. The lowest BCUT2D eigenvalue weighted by Gasteiger charge is -2.36. The van der Waals surface area contributed by atoms with Crippen LogP contribution in [0, 0.1) is 0 Å². The molecular weight excluding hydrogens is 414 g/mol. The van der Waals surface area contributed by atoms with Crippen molar-refractivity contribution < 1.29 is 4.74 Å². The van der Waals surface area contributed by atoms with Crippen molar-refractivity contribution in [1.82, 2.24) is 24.5 Å². The van der Waals surface area contributed by atoms with Crippen molar-refractivity contribution >= 4 is 45.2 Å². The van der Waals surface area contributed by atoms with E-state index in [4.69, 9.17) is 27.1 Å². The average molecular weight is 438 g/mol. The number of ether oxygens (including phenoxy) is 1. The first-order valence-electron chi connectivity index (χ1n) is 10.4. The molecule has 1 aliphatic rings. The Morgan fingerprint density at radius 1 is 1.23 bits per heavy atom. The van der Waals surface area contributed by atoms with Crippen LogP contribution >= 0.6 is 11.6 Å². The summed E-state index contributed by atoms with van der Waals surface area (Å²) in [5, 5.41) is 1.62. The fraction of sp³-hybridized carbons (Fsp3) is 0.364. The van der Waals surface area contributed by atoms with Gasteiger partial charge in [-0.1, -0.05) is 11.6 Å². The Labute approximate surface area is 185 Å². The topological polar surface area (TPSA) is 95.0 Å². The fourth-order valence-electron chi connectivity index (χ4n) is 4.49. The van der Waals surface area contributed by atoms with Gasteiger partial charge in [0, 0.05) is 37.3 Å². The van der Waals surface area contributed by atoms with Crippen molar-refractivity contribution in [2.75, 3.05) is 30.8 Å². The summed E-state index contributed by atoms with van der Waals surface area (Å²) in [7, 11) is 1.78. The highest BCUT2D eigenvalue weighted by Gasteiger charge is 2.27. The highest BCUT2D eigenvalue weighted by atomic mass is 35.5. The molecule has 4 aromatic rings. The number of imidazole rings is 1. The van der Waals surface area contributed by atoms with E-state index < -0.39 is 0 Å². The van der Waals surface area contributed by atoms with Crippen LogP contribution < -0.4 is 10.6 Å². The number of hydrogen-bond donors (Lipinski definition) is 1. The van der Waals surface area contributed by atoms with Gasteiger partial charge in [0.2, 0.25) is 0 Å². The molecule has 9 heteroatoms. The number of piperidine rings is 1. The maximum atomic E-state index is 6.72. The van der Waals surface area contributed by atoms with Crippen LogP contribution in [-0.2, 0) is 4.74 Å². The van der Waals surface area contributed by atoms with E-state index in [9.17, 15) is 0 Å². The lowest BCUT2D eigenvalue weighted by atomic mass is 9.98. The number of fused-ring (bicyclic) bond motifs is 2. The summed E-state index contributed by atoms with van der Waals surface area (Å²) < 4.78 is 7.70. The number of hydrogen-bond acceptors (Lipinski definition) is 7. The molecule has 0 radical (unpaired) electrons. The minimum Gasteiger partial charge on any atom is -0.382 e. The molecule has 31 heavy (non-hydrogen) atoms. The van der Waals surface area contributed by atoms with E-state index in [0.717, 1.165) is 48.1 Å². The van der Waals surface area contributed by atoms with Crippen LogP contribution in [0.15, 0.2) is 37.1 Å². The number of nitrogens with two attached hydrogens (primary N) is 1. The molecule has 1 aliphatic heterocycles.